The number of ether oxygens (including phenoxy) is 2. The highest BCUT2D eigenvalue weighted by Crippen LogP contribution is 2.47. The number of rotatable bonds is 37. The van der Waals surface area contributed by atoms with Crippen molar-refractivity contribution in [1.82, 2.24) is 0 Å². The lowest BCUT2D eigenvalue weighted by Gasteiger charge is -2.41. The van der Waals surface area contributed by atoms with Gasteiger partial charge in [0.2, 0.25) is 0 Å². The highest BCUT2D eigenvalue weighted by Gasteiger charge is 2.51. The molecule has 1 saturated carbocycles. The van der Waals surface area contributed by atoms with Gasteiger partial charge >= 0.3 is 13.8 Å². The Balaban J connectivity index is 2.44. The van der Waals surface area contributed by atoms with Gasteiger partial charge in [0.1, 0.15) is 42.7 Å². The minimum atomic E-state index is -5.03. The lowest BCUT2D eigenvalue weighted by molar-refractivity contribution is -0.220. The van der Waals surface area contributed by atoms with Gasteiger partial charge in [-0.3, -0.25) is 13.8 Å². The van der Waals surface area contributed by atoms with E-state index in [1.807, 2.05) is 0 Å². The zero-order valence-corrected chi connectivity index (χ0v) is 37.2. The van der Waals surface area contributed by atoms with Crippen molar-refractivity contribution < 1.29 is 58.3 Å². The predicted octanol–water partition coefficient (Wildman–Crippen LogP) is 9.03. The van der Waals surface area contributed by atoms with E-state index in [1.54, 1.807) is 0 Å². The second kappa shape index (κ2) is 36.7. The summed E-state index contributed by atoms with van der Waals surface area (Å²) in [6.07, 6.45) is 32.9. The number of aliphatic hydroxyl groups excluding tert-OH is 5. The molecular weight excluding hydrogens is 775 g/mol. The Bertz CT molecular complexity index is 1200. The molecule has 1 aliphatic carbocycles. The lowest BCUT2D eigenvalue weighted by atomic mass is 9.85. The third-order valence-corrected chi connectivity index (χ3v) is 11.1. The van der Waals surface area contributed by atoms with Gasteiger partial charge in [0.15, 0.2) is 0 Å². The summed E-state index contributed by atoms with van der Waals surface area (Å²) in [6.45, 7) is 4.07. The average molecular weight is 857 g/mol. The van der Waals surface area contributed by atoms with Crippen LogP contribution in [0.1, 0.15) is 162 Å². The summed E-state index contributed by atoms with van der Waals surface area (Å²) in [5.74, 6) is -0.521. The monoisotopic (exact) mass is 857 g/mol. The molecular formula is C46H81O12P. The van der Waals surface area contributed by atoms with E-state index < -0.39 is 63.1 Å². The number of hydrogen-bond donors (Lipinski definition) is 6. The van der Waals surface area contributed by atoms with E-state index in [-0.39, 0.29) is 13.0 Å². The van der Waals surface area contributed by atoms with Crippen molar-refractivity contribution in [1.29, 1.82) is 0 Å². The topological polar surface area (TPSA) is 192 Å². The van der Waals surface area contributed by atoms with Crippen molar-refractivity contribution in [2.24, 2.45) is 0 Å². The van der Waals surface area contributed by atoms with Crippen molar-refractivity contribution >= 4 is 13.8 Å². The molecule has 13 heteroatoms. The smallest absolute Gasteiger partial charge is 0.457 e. The van der Waals surface area contributed by atoms with Gasteiger partial charge in [0, 0.05) is 13.0 Å². The van der Waals surface area contributed by atoms with Crippen LogP contribution in [-0.4, -0.2) is 98.9 Å². The van der Waals surface area contributed by atoms with E-state index in [9.17, 15) is 39.8 Å². The zero-order valence-electron chi connectivity index (χ0n) is 36.3. The molecule has 0 aromatic heterocycles. The van der Waals surface area contributed by atoms with Crippen molar-refractivity contribution in [3.05, 3.63) is 60.8 Å². The van der Waals surface area contributed by atoms with Crippen LogP contribution in [0.3, 0.4) is 0 Å². The van der Waals surface area contributed by atoms with Crippen LogP contribution >= 0.6 is 7.82 Å². The molecule has 0 radical (unpaired) electrons. The summed E-state index contributed by atoms with van der Waals surface area (Å²) < 4.78 is 34.1. The van der Waals surface area contributed by atoms with Gasteiger partial charge in [0.05, 0.1) is 13.2 Å². The number of phosphoric ester groups is 1. The van der Waals surface area contributed by atoms with E-state index in [2.05, 4.69) is 74.6 Å². The van der Waals surface area contributed by atoms with Gasteiger partial charge in [0.25, 0.3) is 0 Å². The average Bonchev–Trinajstić information content (AvgIpc) is 3.22. The molecule has 1 rings (SSSR count). The molecule has 6 unspecified atom stereocenters. The van der Waals surface area contributed by atoms with Crippen LogP contribution in [0.2, 0.25) is 0 Å². The maximum atomic E-state index is 12.8. The first-order valence-corrected chi connectivity index (χ1v) is 24.1. The molecule has 0 saturated heterocycles. The summed E-state index contributed by atoms with van der Waals surface area (Å²) in [5, 5.41) is 50.1. The second-order valence-electron chi connectivity index (χ2n) is 15.5. The third-order valence-electron chi connectivity index (χ3n) is 10.1. The van der Waals surface area contributed by atoms with E-state index in [4.69, 9.17) is 18.5 Å². The van der Waals surface area contributed by atoms with E-state index in [0.717, 1.165) is 70.6 Å². The first kappa shape index (κ1) is 55.1. The summed E-state index contributed by atoms with van der Waals surface area (Å²) in [5.41, 5.74) is 0. The molecule has 1 fully saturated rings. The molecule has 342 valence electrons. The number of carbonyl (C=O) groups is 1. The second-order valence-corrected chi connectivity index (χ2v) is 16.9. The molecule has 0 amide bonds. The van der Waals surface area contributed by atoms with Crippen molar-refractivity contribution in [2.45, 2.75) is 204 Å². The van der Waals surface area contributed by atoms with Gasteiger partial charge in [-0.15, -0.1) is 0 Å². The summed E-state index contributed by atoms with van der Waals surface area (Å²) in [6, 6.07) is 0. The van der Waals surface area contributed by atoms with Crippen molar-refractivity contribution in [2.75, 3.05) is 19.8 Å². The molecule has 1 aliphatic rings. The predicted molar refractivity (Wildman–Crippen MR) is 235 cm³/mol. The number of hydrogen-bond acceptors (Lipinski definition) is 11. The van der Waals surface area contributed by atoms with E-state index >= 15 is 0 Å². The number of allylic oxidation sites excluding steroid dienone is 10. The Kier molecular flexibility index (Phi) is 34.2. The SMILES string of the molecule is CC/C=C\C/C=C\C/C=C\C/C=C\CCCCC(=O)OC(COCCCCCCCC/C=C\CCCCCCCCC)COP(=O)(O)OC1C(O)C(O)C(O)C(O)C1O. The van der Waals surface area contributed by atoms with Gasteiger partial charge in [-0.2, -0.15) is 0 Å². The van der Waals surface area contributed by atoms with Gasteiger partial charge < -0.3 is 39.9 Å². The molecule has 0 spiro atoms. The minimum absolute atomic E-state index is 0.100. The molecule has 0 aromatic carbocycles. The molecule has 12 nitrogen and oxygen atoms in total. The molecule has 6 N–H and O–H groups in total. The highest BCUT2D eigenvalue weighted by molar-refractivity contribution is 7.47. The van der Waals surface area contributed by atoms with Crippen LogP contribution in [0.4, 0.5) is 0 Å². The first-order chi connectivity index (χ1) is 28.5. The Morgan fingerprint density at radius 1 is 0.559 bits per heavy atom. The molecule has 59 heavy (non-hydrogen) atoms. The maximum absolute atomic E-state index is 12.8. The number of carbonyl (C=O) groups excluding carboxylic acids is 1. The Morgan fingerprint density at radius 2 is 1.00 bits per heavy atom. The fourth-order valence-electron chi connectivity index (χ4n) is 6.52. The van der Waals surface area contributed by atoms with E-state index in [1.165, 1.54) is 64.2 Å². The quantitative estimate of drug-likeness (QED) is 0.0151. The Morgan fingerprint density at radius 3 is 1.54 bits per heavy atom. The number of unbranched alkanes of at least 4 members (excludes halogenated alkanes) is 15. The number of phosphoric acid groups is 1. The molecule has 0 heterocycles. The van der Waals surface area contributed by atoms with Crippen LogP contribution in [0.15, 0.2) is 60.8 Å². The zero-order chi connectivity index (χ0) is 43.4. The van der Waals surface area contributed by atoms with E-state index in [0.29, 0.717) is 13.0 Å². The largest absolute Gasteiger partial charge is 0.472 e. The van der Waals surface area contributed by atoms with Crippen molar-refractivity contribution in [3.63, 3.8) is 0 Å². The van der Waals surface area contributed by atoms with Crippen LogP contribution in [0.25, 0.3) is 0 Å². The number of esters is 1. The van der Waals surface area contributed by atoms with Crippen molar-refractivity contribution in [3.8, 4) is 0 Å². The summed E-state index contributed by atoms with van der Waals surface area (Å²) in [7, 11) is -5.03. The number of aliphatic hydroxyl groups is 5. The van der Waals surface area contributed by atoms with Gasteiger partial charge in [-0.25, -0.2) is 4.57 Å². The highest BCUT2D eigenvalue weighted by atomic mass is 31.2. The van der Waals surface area contributed by atoms with Gasteiger partial charge in [-0.1, -0.05) is 139 Å². The molecule has 0 aliphatic heterocycles. The molecule has 0 aromatic rings. The standard InChI is InChI=1S/C46H81O12P/c1-3-5-7-9-11-13-15-17-19-20-22-24-26-28-30-32-34-36-55-37-39(38-56-59(53,54)58-46-44(51)42(49)41(48)43(50)45(46)52)57-40(47)35-33-31-29-27-25-23-21-18-16-14-12-10-8-6-4-2/h6,8,12,14,18-21,25,27,39,41-46,48-52H,3-5,7,9-11,13,15-17,22-24,26,28-38H2,1-2H3,(H,53,54)/b8-6-,14-12-,20-19-,21-18-,27-25-. The van der Waals surface area contributed by atoms with Gasteiger partial charge in [-0.05, 0) is 77.0 Å². The summed E-state index contributed by atoms with van der Waals surface area (Å²) >= 11 is 0. The van der Waals surface area contributed by atoms with Crippen LogP contribution in [0.5, 0.6) is 0 Å². The lowest BCUT2D eigenvalue weighted by Crippen LogP contribution is -2.64. The fraction of sp³-hybridized carbons (Fsp3) is 0.761. The maximum Gasteiger partial charge on any atom is 0.472 e. The molecule has 6 atom stereocenters. The third kappa shape index (κ3) is 29.1. The first-order valence-electron chi connectivity index (χ1n) is 22.6. The fourth-order valence-corrected chi connectivity index (χ4v) is 7.49. The molecule has 0 bridgehead atoms. The van der Waals surface area contributed by atoms with Crippen LogP contribution in [-0.2, 0) is 27.9 Å². The Hall–Kier alpha value is -1.96. The van der Waals surface area contributed by atoms with Crippen LogP contribution in [0, 0.1) is 0 Å². The van der Waals surface area contributed by atoms with Crippen LogP contribution < -0.4 is 0 Å². The minimum Gasteiger partial charge on any atom is -0.457 e. The summed E-state index contributed by atoms with van der Waals surface area (Å²) in [4.78, 5) is 23.1. The normalized spacial score (nSPS) is 23.1. The Labute approximate surface area is 356 Å².